The number of carbonyl (C=O) groups is 2. The number of carbonyl (C=O) groups excluding carboxylic acids is 2. The molecule has 9 heteroatoms. The normalized spacial score (nSPS) is 11.6. The molecule has 7 nitrogen and oxygen atoms in total. The quantitative estimate of drug-likeness (QED) is 0.422. The van der Waals surface area contributed by atoms with Crippen molar-refractivity contribution in [1.29, 1.82) is 0 Å². The van der Waals surface area contributed by atoms with Gasteiger partial charge in [0.1, 0.15) is 12.4 Å². The van der Waals surface area contributed by atoms with Gasteiger partial charge in [-0.2, -0.15) is 5.10 Å². The first-order valence-corrected chi connectivity index (χ1v) is 12.5. The summed E-state index contributed by atoms with van der Waals surface area (Å²) in [6.45, 7) is 9.04. The van der Waals surface area contributed by atoms with Crippen LogP contribution in [0.2, 0.25) is 10.0 Å². The molecule has 1 N–H and O–H groups in total. The third-order valence-corrected chi connectivity index (χ3v) is 6.43. The lowest BCUT2D eigenvalue weighted by Crippen LogP contribution is -2.41. The average molecular weight is 531 g/mol. The monoisotopic (exact) mass is 529 g/mol. The smallest absolute Gasteiger partial charge is 0.254 e. The first-order chi connectivity index (χ1) is 16.9. The number of rotatable bonds is 8. The molecule has 0 radical (unpaired) electrons. The minimum Gasteiger partial charge on any atom is -0.328 e. The molecule has 3 rings (SSSR count). The maximum atomic E-state index is 13.3. The molecule has 1 heterocycles. The zero-order valence-electron chi connectivity index (χ0n) is 21.6. The number of nitrogens with one attached hydrogen (secondary N) is 1. The fourth-order valence-electron chi connectivity index (χ4n) is 3.56. The number of hydrogen-bond acceptors (Lipinski definition) is 4. The zero-order chi connectivity index (χ0) is 26.6. The van der Waals surface area contributed by atoms with Gasteiger partial charge >= 0.3 is 0 Å². The van der Waals surface area contributed by atoms with E-state index in [4.69, 9.17) is 28.3 Å². The van der Waals surface area contributed by atoms with Crippen molar-refractivity contribution in [2.24, 2.45) is 0 Å². The Kier molecular flexibility index (Phi) is 8.82. The Morgan fingerprint density at radius 2 is 1.69 bits per heavy atom. The fourth-order valence-corrected chi connectivity index (χ4v) is 3.86. The van der Waals surface area contributed by atoms with E-state index in [0.29, 0.717) is 29.5 Å². The SMILES string of the molecule is Cc1ccccc1-n1nc(C(C)(C)C)cc1NC(=O)CN(CCN(C)C)C(=O)c1ccc(Cl)c(Cl)c1. The molecule has 0 bridgehead atoms. The van der Waals surface area contributed by atoms with Gasteiger partial charge in [0.15, 0.2) is 0 Å². The summed E-state index contributed by atoms with van der Waals surface area (Å²) in [5.74, 6) is -0.0699. The maximum Gasteiger partial charge on any atom is 0.254 e. The third-order valence-electron chi connectivity index (χ3n) is 5.69. The molecule has 0 unspecified atom stereocenters. The number of likely N-dealkylation sites (N-methyl/N-ethyl adjacent to an activating group) is 1. The molecular weight excluding hydrogens is 497 g/mol. The van der Waals surface area contributed by atoms with Crippen LogP contribution in [0, 0.1) is 6.92 Å². The lowest BCUT2D eigenvalue weighted by Gasteiger charge is -2.24. The molecule has 2 amide bonds. The van der Waals surface area contributed by atoms with Crippen molar-refractivity contribution >= 4 is 40.8 Å². The minimum atomic E-state index is -0.322. The summed E-state index contributed by atoms with van der Waals surface area (Å²) in [5.41, 5.74) is 2.90. The second-order valence-electron chi connectivity index (χ2n) is 10.1. The van der Waals surface area contributed by atoms with Gasteiger partial charge in [0, 0.05) is 30.1 Å². The van der Waals surface area contributed by atoms with Crippen molar-refractivity contribution in [2.45, 2.75) is 33.1 Å². The van der Waals surface area contributed by atoms with Crippen molar-refractivity contribution < 1.29 is 9.59 Å². The Morgan fingerprint density at radius 3 is 2.31 bits per heavy atom. The second-order valence-corrected chi connectivity index (χ2v) is 10.9. The number of aromatic nitrogens is 2. The molecule has 0 aliphatic carbocycles. The van der Waals surface area contributed by atoms with Gasteiger partial charge in [0.2, 0.25) is 5.91 Å². The van der Waals surface area contributed by atoms with Gasteiger partial charge in [-0.15, -0.1) is 0 Å². The van der Waals surface area contributed by atoms with Crippen LogP contribution in [0.3, 0.4) is 0 Å². The van der Waals surface area contributed by atoms with E-state index >= 15 is 0 Å². The number of amides is 2. The number of halogens is 2. The Hall–Kier alpha value is -2.87. The molecule has 0 aliphatic heterocycles. The summed E-state index contributed by atoms with van der Waals surface area (Å²) in [6.07, 6.45) is 0. The molecule has 1 aromatic heterocycles. The standard InChI is InChI=1S/C27H33Cl2N5O2/c1-18-9-7-8-10-22(18)34-24(16-23(31-34)27(2,3)4)30-25(35)17-33(14-13-32(5)6)26(36)19-11-12-20(28)21(29)15-19/h7-12,15-16H,13-14,17H2,1-6H3,(H,30,35). The van der Waals surface area contributed by atoms with Crippen LogP contribution in [0.1, 0.15) is 42.4 Å². The topological polar surface area (TPSA) is 70.5 Å². The predicted molar refractivity (Wildman–Crippen MR) is 147 cm³/mol. The second kappa shape index (κ2) is 11.5. The van der Waals surface area contributed by atoms with Crippen LogP contribution in [-0.2, 0) is 10.2 Å². The Bertz CT molecular complexity index is 1250. The molecule has 0 saturated carbocycles. The first-order valence-electron chi connectivity index (χ1n) is 11.7. The minimum absolute atomic E-state index is 0.128. The zero-order valence-corrected chi connectivity index (χ0v) is 23.1. The Morgan fingerprint density at radius 1 is 1.00 bits per heavy atom. The molecule has 192 valence electrons. The van der Waals surface area contributed by atoms with Crippen LogP contribution >= 0.6 is 23.2 Å². The number of para-hydroxylation sites is 1. The number of aryl methyl sites for hydroxylation is 1. The van der Waals surface area contributed by atoms with Gasteiger partial charge in [-0.3, -0.25) is 9.59 Å². The van der Waals surface area contributed by atoms with E-state index in [0.717, 1.165) is 16.9 Å². The molecule has 0 atom stereocenters. The van der Waals surface area contributed by atoms with Crippen molar-refractivity contribution in [1.82, 2.24) is 19.6 Å². The van der Waals surface area contributed by atoms with Crippen molar-refractivity contribution in [3.05, 3.63) is 75.4 Å². The Labute approximate surface area is 223 Å². The predicted octanol–water partition coefficient (Wildman–Crippen LogP) is 5.43. The number of anilines is 1. The van der Waals surface area contributed by atoms with E-state index in [9.17, 15) is 9.59 Å². The average Bonchev–Trinajstić information content (AvgIpc) is 3.22. The van der Waals surface area contributed by atoms with Crippen molar-refractivity contribution in [3.8, 4) is 5.69 Å². The van der Waals surface area contributed by atoms with Gasteiger partial charge in [0.25, 0.3) is 5.91 Å². The first kappa shape index (κ1) is 27.7. The molecular formula is C27H33Cl2N5O2. The third kappa shape index (κ3) is 6.87. The van der Waals surface area contributed by atoms with E-state index < -0.39 is 0 Å². The van der Waals surface area contributed by atoms with E-state index in [-0.39, 0.29) is 28.8 Å². The van der Waals surface area contributed by atoms with Gasteiger partial charge in [-0.05, 0) is 50.8 Å². The summed E-state index contributed by atoms with van der Waals surface area (Å²) < 4.78 is 1.75. The summed E-state index contributed by atoms with van der Waals surface area (Å²) >= 11 is 12.1. The highest BCUT2D eigenvalue weighted by Gasteiger charge is 2.24. The van der Waals surface area contributed by atoms with E-state index in [1.54, 1.807) is 16.8 Å². The van der Waals surface area contributed by atoms with Gasteiger partial charge < -0.3 is 15.1 Å². The number of hydrogen-bond donors (Lipinski definition) is 1. The molecule has 36 heavy (non-hydrogen) atoms. The Balaban J connectivity index is 1.89. The van der Waals surface area contributed by atoms with Crippen LogP contribution in [0.25, 0.3) is 5.69 Å². The molecule has 2 aromatic carbocycles. The van der Waals surface area contributed by atoms with E-state index in [1.807, 2.05) is 56.3 Å². The highest BCUT2D eigenvalue weighted by Crippen LogP contribution is 2.27. The number of benzene rings is 2. The summed E-state index contributed by atoms with van der Waals surface area (Å²) in [4.78, 5) is 30.0. The summed E-state index contributed by atoms with van der Waals surface area (Å²) in [6, 6.07) is 14.5. The molecule has 0 fully saturated rings. The van der Waals surface area contributed by atoms with Gasteiger partial charge in [0.05, 0.1) is 21.4 Å². The fraction of sp³-hybridized carbons (Fsp3) is 0.370. The largest absolute Gasteiger partial charge is 0.328 e. The van der Waals surface area contributed by atoms with Crippen LogP contribution in [0.15, 0.2) is 48.5 Å². The van der Waals surface area contributed by atoms with Gasteiger partial charge in [-0.1, -0.05) is 62.2 Å². The van der Waals surface area contributed by atoms with Crippen LogP contribution in [0.5, 0.6) is 0 Å². The van der Waals surface area contributed by atoms with E-state index in [1.165, 1.54) is 11.0 Å². The lowest BCUT2D eigenvalue weighted by atomic mass is 9.92. The summed E-state index contributed by atoms with van der Waals surface area (Å²) in [7, 11) is 3.83. The van der Waals surface area contributed by atoms with Crippen LogP contribution in [-0.4, -0.2) is 65.1 Å². The molecule has 0 aliphatic rings. The molecule has 0 spiro atoms. The van der Waals surface area contributed by atoms with Crippen molar-refractivity contribution in [2.75, 3.05) is 39.0 Å². The highest BCUT2D eigenvalue weighted by molar-refractivity contribution is 6.42. The number of nitrogens with zero attached hydrogens (tertiary/aromatic N) is 4. The molecule has 3 aromatic rings. The van der Waals surface area contributed by atoms with Crippen LogP contribution < -0.4 is 5.32 Å². The van der Waals surface area contributed by atoms with E-state index in [2.05, 4.69) is 26.1 Å². The van der Waals surface area contributed by atoms with Crippen molar-refractivity contribution in [3.63, 3.8) is 0 Å². The summed E-state index contributed by atoms with van der Waals surface area (Å²) in [5, 5.41) is 8.43. The lowest BCUT2D eigenvalue weighted by molar-refractivity contribution is -0.117. The molecule has 0 saturated heterocycles. The maximum absolute atomic E-state index is 13.3. The van der Waals surface area contributed by atoms with Crippen LogP contribution in [0.4, 0.5) is 5.82 Å². The van der Waals surface area contributed by atoms with Gasteiger partial charge in [-0.25, -0.2) is 4.68 Å². The highest BCUT2D eigenvalue weighted by atomic mass is 35.5.